The molecule has 0 aromatic rings. The molecule has 1 nitrogen and oxygen atoms in total. The Morgan fingerprint density at radius 3 is 2.93 bits per heavy atom. The van der Waals surface area contributed by atoms with Crippen LogP contribution in [0, 0.1) is 5.92 Å². The fourth-order valence-electron chi connectivity index (χ4n) is 2.27. The average molecular weight is 229 g/mol. The first-order valence-electron chi connectivity index (χ1n) is 5.43. The number of alkyl halides is 1. The normalized spacial score (nSPS) is 21.9. The van der Waals surface area contributed by atoms with Gasteiger partial charge in [-0.25, -0.2) is 4.39 Å². The molecule has 0 aromatic heterocycles. The largest absolute Gasteiger partial charge is 0.319 e. The topological polar surface area (TPSA) is 12.0 Å². The fraction of sp³-hybridized carbons (Fsp3) is 0.667. The zero-order valence-corrected chi connectivity index (χ0v) is 10.4. The van der Waals surface area contributed by atoms with Crippen LogP contribution in [0.2, 0.25) is 0 Å². The molecule has 1 N–H and O–H groups in total. The van der Waals surface area contributed by atoms with Crippen LogP contribution in [0.25, 0.3) is 0 Å². The van der Waals surface area contributed by atoms with E-state index < -0.39 is 0 Å². The van der Waals surface area contributed by atoms with Gasteiger partial charge in [0.25, 0.3) is 0 Å². The second-order valence-electron chi connectivity index (χ2n) is 4.02. The molecule has 0 unspecified atom stereocenters. The Balaban J connectivity index is 2.89. The predicted molar refractivity (Wildman–Crippen MR) is 66.7 cm³/mol. The summed E-state index contributed by atoms with van der Waals surface area (Å²) in [6, 6.07) is -0.321. The summed E-state index contributed by atoms with van der Waals surface area (Å²) in [6.45, 7) is 7.02. The van der Waals surface area contributed by atoms with E-state index in [1.165, 1.54) is 35.1 Å². The Labute approximate surface area is 96.2 Å². The molecule has 0 amide bonds. The van der Waals surface area contributed by atoms with Crippen molar-refractivity contribution in [2.75, 3.05) is 19.6 Å². The predicted octanol–water partition coefficient (Wildman–Crippen LogP) is 3.50. The third-order valence-corrected chi connectivity index (χ3v) is 3.69. The van der Waals surface area contributed by atoms with E-state index in [1.807, 2.05) is 14.0 Å². The minimum Gasteiger partial charge on any atom is -0.319 e. The molecule has 1 rings (SSSR count). The van der Waals surface area contributed by atoms with Gasteiger partial charge in [0, 0.05) is 6.54 Å². The number of nitrogens with one attached hydrogen (secondary N) is 1. The van der Waals surface area contributed by atoms with Gasteiger partial charge in [-0.15, -0.1) is 0 Å². The summed E-state index contributed by atoms with van der Waals surface area (Å²) in [5.74, 6) is 0.523. The maximum Gasteiger partial charge on any atom is 0.139 e. The van der Waals surface area contributed by atoms with Crippen molar-refractivity contribution in [2.45, 2.75) is 26.2 Å². The number of hydrogen-bond donors (Lipinski definition) is 1. The van der Waals surface area contributed by atoms with Gasteiger partial charge in [-0.05, 0) is 49.6 Å². The van der Waals surface area contributed by atoms with E-state index in [9.17, 15) is 4.39 Å². The van der Waals surface area contributed by atoms with Crippen molar-refractivity contribution in [2.24, 2.45) is 5.92 Å². The third-order valence-electron chi connectivity index (χ3n) is 2.80. The maximum absolute atomic E-state index is 12.4. The molecule has 0 aliphatic heterocycles. The molecule has 0 bridgehead atoms. The molecule has 0 heterocycles. The van der Waals surface area contributed by atoms with E-state index in [0.29, 0.717) is 5.92 Å². The van der Waals surface area contributed by atoms with Crippen molar-refractivity contribution >= 4 is 11.8 Å². The highest BCUT2D eigenvalue weighted by Gasteiger charge is 2.23. The Morgan fingerprint density at radius 2 is 2.40 bits per heavy atom. The minimum atomic E-state index is -0.321. The van der Waals surface area contributed by atoms with Crippen molar-refractivity contribution in [3.05, 3.63) is 22.6 Å². The molecule has 1 aliphatic rings. The zero-order chi connectivity index (χ0) is 11.3. The van der Waals surface area contributed by atoms with Crippen LogP contribution in [0.1, 0.15) is 26.2 Å². The lowest BCUT2D eigenvalue weighted by molar-refractivity contribution is 0.490. The third kappa shape index (κ3) is 3.35. The molecule has 0 radical (unpaired) electrons. The van der Waals surface area contributed by atoms with E-state index in [-0.39, 0.29) is 6.01 Å². The van der Waals surface area contributed by atoms with Gasteiger partial charge in [0.15, 0.2) is 0 Å². The molecular weight excluding hydrogens is 209 g/mol. The van der Waals surface area contributed by atoms with Crippen LogP contribution in [0.4, 0.5) is 4.39 Å². The maximum atomic E-state index is 12.4. The molecule has 0 spiro atoms. The number of thioether (sulfide) groups is 1. The SMILES string of the molecule is C=C(C)C1=C(SCF)CCC[C@@H]1CNC. The molecule has 1 aliphatic carbocycles. The van der Waals surface area contributed by atoms with Gasteiger partial charge in [0.2, 0.25) is 0 Å². The van der Waals surface area contributed by atoms with Crippen LogP contribution in [0.3, 0.4) is 0 Å². The Kier molecular flexibility index (Phi) is 5.40. The van der Waals surface area contributed by atoms with Crippen LogP contribution in [0.15, 0.2) is 22.6 Å². The van der Waals surface area contributed by atoms with Crippen molar-refractivity contribution in [1.82, 2.24) is 5.32 Å². The van der Waals surface area contributed by atoms with E-state index in [4.69, 9.17) is 0 Å². The standard InChI is InChI=1S/C12H20FNS/c1-9(2)12-10(7-14-3)5-4-6-11(12)15-8-13/h10,14H,1,4-8H2,2-3H3/t10-/m1/s1. The average Bonchev–Trinajstić information content (AvgIpc) is 2.18. The lowest BCUT2D eigenvalue weighted by atomic mass is 9.84. The van der Waals surface area contributed by atoms with Gasteiger partial charge in [-0.1, -0.05) is 23.9 Å². The van der Waals surface area contributed by atoms with Crippen LogP contribution in [-0.4, -0.2) is 19.6 Å². The first-order chi connectivity index (χ1) is 7.20. The second kappa shape index (κ2) is 6.33. The van der Waals surface area contributed by atoms with Crippen LogP contribution in [0.5, 0.6) is 0 Å². The van der Waals surface area contributed by atoms with E-state index >= 15 is 0 Å². The van der Waals surface area contributed by atoms with Crippen molar-refractivity contribution in [1.29, 1.82) is 0 Å². The minimum absolute atomic E-state index is 0.321. The highest BCUT2D eigenvalue weighted by atomic mass is 32.2. The van der Waals surface area contributed by atoms with Crippen molar-refractivity contribution < 1.29 is 4.39 Å². The first kappa shape index (κ1) is 12.8. The van der Waals surface area contributed by atoms with Crippen LogP contribution >= 0.6 is 11.8 Å². The first-order valence-corrected chi connectivity index (χ1v) is 6.41. The Bertz CT molecular complexity index is 260. The highest BCUT2D eigenvalue weighted by molar-refractivity contribution is 8.02. The van der Waals surface area contributed by atoms with Gasteiger partial charge < -0.3 is 5.32 Å². The number of halogens is 1. The van der Waals surface area contributed by atoms with E-state index in [0.717, 1.165) is 18.5 Å². The number of rotatable bonds is 5. The monoisotopic (exact) mass is 229 g/mol. The summed E-state index contributed by atoms with van der Waals surface area (Å²) in [7, 11) is 1.96. The van der Waals surface area contributed by atoms with Gasteiger partial charge in [-0.2, -0.15) is 0 Å². The van der Waals surface area contributed by atoms with Gasteiger partial charge in [0.05, 0.1) is 0 Å². The second-order valence-corrected chi connectivity index (χ2v) is 5.02. The van der Waals surface area contributed by atoms with Crippen LogP contribution < -0.4 is 5.32 Å². The van der Waals surface area contributed by atoms with Crippen LogP contribution in [-0.2, 0) is 0 Å². The summed E-state index contributed by atoms with van der Waals surface area (Å²) in [5.41, 5.74) is 2.41. The van der Waals surface area contributed by atoms with E-state index in [1.54, 1.807) is 0 Å². The van der Waals surface area contributed by atoms with Crippen molar-refractivity contribution in [3.8, 4) is 0 Å². The zero-order valence-electron chi connectivity index (χ0n) is 9.61. The van der Waals surface area contributed by atoms with Gasteiger partial charge in [0.1, 0.15) is 6.01 Å². The van der Waals surface area contributed by atoms with Gasteiger partial charge in [-0.3, -0.25) is 0 Å². The Hall–Kier alpha value is -0.280. The molecule has 1 atom stereocenters. The summed E-state index contributed by atoms with van der Waals surface area (Å²) in [5, 5.41) is 3.21. The molecule has 0 saturated carbocycles. The summed E-state index contributed by atoms with van der Waals surface area (Å²) >= 11 is 1.34. The molecule has 0 aromatic carbocycles. The van der Waals surface area contributed by atoms with E-state index in [2.05, 4.69) is 11.9 Å². The lowest BCUT2D eigenvalue weighted by Gasteiger charge is -2.28. The molecule has 0 fully saturated rings. The summed E-state index contributed by atoms with van der Waals surface area (Å²) in [6.07, 6.45) is 3.39. The highest BCUT2D eigenvalue weighted by Crippen LogP contribution is 2.39. The molecule has 3 heteroatoms. The molecular formula is C12H20FNS. The summed E-state index contributed by atoms with van der Waals surface area (Å²) in [4.78, 5) is 1.22. The smallest absolute Gasteiger partial charge is 0.139 e. The molecule has 0 saturated heterocycles. The summed E-state index contributed by atoms with van der Waals surface area (Å²) < 4.78 is 12.4. The fourth-order valence-corrected chi connectivity index (χ4v) is 3.19. The molecule has 86 valence electrons. The Morgan fingerprint density at radius 1 is 1.67 bits per heavy atom. The lowest BCUT2D eigenvalue weighted by Crippen LogP contribution is -2.24. The quantitative estimate of drug-likeness (QED) is 0.774. The van der Waals surface area contributed by atoms with Gasteiger partial charge >= 0.3 is 0 Å². The number of allylic oxidation sites excluding steroid dienone is 2. The van der Waals surface area contributed by atoms with Crippen molar-refractivity contribution in [3.63, 3.8) is 0 Å². The number of hydrogen-bond acceptors (Lipinski definition) is 2. The molecule has 15 heavy (non-hydrogen) atoms.